The first kappa shape index (κ1) is 19.5. The van der Waals surface area contributed by atoms with Crippen molar-refractivity contribution in [1.82, 2.24) is 15.3 Å². The van der Waals surface area contributed by atoms with Gasteiger partial charge in [0.1, 0.15) is 5.69 Å². The maximum absolute atomic E-state index is 12.1. The second kappa shape index (κ2) is 8.50. The number of nitrogens with one attached hydrogen (secondary N) is 1. The number of primary amides is 1. The number of hydrogen-bond acceptors (Lipinski definition) is 5. The Kier molecular flexibility index (Phi) is 6.37. The predicted molar refractivity (Wildman–Crippen MR) is 99.7 cm³/mol. The van der Waals surface area contributed by atoms with Gasteiger partial charge in [-0.25, -0.2) is 15.0 Å². The van der Waals surface area contributed by atoms with Crippen molar-refractivity contribution in [2.75, 3.05) is 14.1 Å². The van der Waals surface area contributed by atoms with Gasteiger partial charge in [-0.2, -0.15) is 5.10 Å². The number of hydrogen-bond donors (Lipinski definition) is 2. The molecule has 0 bridgehead atoms. The number of aromatic nitrogens is 1. The predicted octanol–water partition coefficient (Wildman–Crippen LogP) is 3.12. The molecule has 0 aliphatic carbocycles. The smallest absolute Gasteiger partial charge is 0.407 e. The van der Waals surface area contributed by atoms with E-state index in [9.17, 15) is 9.59 Å². The van der Waals surface area contributed by atoms with Crippen molar-refractivity contribution < 1.29 is 14.3 Å². The molecule has 3 amide bonds. The second-order valence-electron chi connectivity index (χ2n) is 5.17. The van der Waals surface area contributed by atoms with Crippen LogP contribution < -0.4 is 15.9 Å². The zero-order chi connectivity index (χ0) is 19.3. The van der Waals surface area contributed by atoms with E-state index < -0.39 is 12.1 Å². The molecule has 26 heavy (non-hydrogen) atoms. The summed E-state index contributed by atoms with van der Waals surface area (Å²) in [5, 5.41) is 4.38. The average molecular weight is 396 g/mol. The van der Waals surface area contributed by atoms with Gasteiger partial charge in [-0.15, -0.1) is 0 Å². The van der Waals surface area contributed by atoms with Crippen LogP contribution in [0.25, 0.3) is 11.1 Å². The number of rotatable bonds is 4. The molecule has 1 heterocycles. The number of carbonyl (C=O) groups is 2. The minimum Gasteiger partial charge on any atom is -0.407 e. The molecule has 2 aromatic rings. The van der Waals surface area contributed by atoms with Crippen LogP contribution in [0.5, 0.6) is 5.75 Å². The number of benzene rings is 1. The lowest BCUT2D eigenvalue weighted by Gasteiger charge is -2.16. The number of carbonyl (C=O) groups excluding carboxylic acids is 2. The standard InChI is InChI=1S/C16H15Cl2N5O3/c1-23(2)16(25)26-14-9(13-10(17)4-3-5-11(13)18)6-7-20-12(14)8-21-22-15(19)24/h3-8H,1-2H3,(H3,19,22,24). The summed E-state index contributed by atoms with van der Waals surface area (Å²) in [6.07, 6.45) is 2.02. The van der Waals surface area contributed by atoms with Gasteiger partial charge in [-0.1, -0.05) is 29.3 Å². The van der Waals surface area contributed by atoms with Crippen LogP contribution in [-0.4, -0.2) is 42.3 Å². The molecule has 0 fully saturated rings. The summed E-state index contributed by atoms with van der Waals surface area (Å²) in [7, 11) is 3.06. The van der Waals surface area contributed by atoms with E-state index in [1.807, 2.05) is 5.43 Å². The molecule has 2 rings (SSSR count). The van der Waals surface area contributed by atoms with Crippen LogP contribution in [-0.2, 0) is 0 Å². The molecule has 0 radical (unpaired) electrons. The van der Waals surface area contributed by atoms with E-state index in [0.717, 1.165) is 0 Å². The van der Waals surface area contributed by atoms with Crippen LogP contribution in [0.4, 0.5) is 9.59 Å². The highest BCUT2D eigenvalue weighted by Crippen LogP contribution is 2.40. The molecule has 0 aliphatic rings. The SMILES string of the molecule is CN(C)C(=O)Oc1c(-c2c(Cl)cccc2Cl)ccnc1C=NNC(N)=O. The van der Waals surface area contributed by atoms with Gasteiger partial charge >= 0.3 is 12.1 Å². The fraction of sp³-hybridized carbons (Fsp3) is 0.125. The highest BCUT2D eigenvalue weighted by atomic mass is 35.5. The van der Waals surface area contributed by atoms with Crippen LogP contribution in [0.3, 0.4) is 0 Å². The molecular formula is C16H15Cl2N5O3. The molecule has 0 saturated heterocycles. The van der Waals surface area contributed by atoms with Crippen molar-refractivity contribution in [2.45, 2.75) is 0 Å². The lowest BCUT2D eigenvalue weighted by molar-refractivity contribution is 0.172. The monoisotopic (exact) mass is 395 g/mol. The number of hydrazone groups is 1. The lowest BCUT2D eigenvalue weighted by atomic mass is 10.0. The lowest BCUT2D eigenvalue weighted by Crippen LogP contribution is -2.26. The third kappa shape index (κ3) is 4.62. The molecule has 0 aliphatic heterocycles. The Balaban J connectivity index is 2.62. The number of amides is 3. The third-order valence-corrected chi connectivity index (χ3v) is 3.71. The number of pyridine rings is 1. The summed E-state index contributed by atoms with van der Waals surface area (Å²) in [6.45, 7) is 0. The number of halogens is 2. The van der Waals surface area contributed by atoms with E-state index >= 15 is 0 Å². The maximum atomic E-state index is 12.1. The van der Waals surface area contributed by atoms with E-state index in [1.54, 1.807) is 24.3 Å². The Morgan fingerprint density at radius 3 is 2.50 bits per heavy atom. The molecule has 0 saturated carbocycles. The first-order valence-electron chi connectivity index (χ1n) is 7.22. The zero-order valence-corrected chi connectivity index (χ0v) is 15.4. The normalized spacial score (nSPS) is 10.6. The van der Waals surface area contributed by atoms with Crippen LogP contribution in [0.2, 0.25) is 10.0 Å². The molecular weight excluding hydrogens is 381 g/mol. The molecule has 0 unspecified atom stereocenters. The van der Waals surface area contributed by atoms with Gasteiger partial charge in [0, 0.05) is 31.4 Å². The molecule has 8 nitrogen and oxygen atoms in total. The Bertz CT molecular complexity index is 851. The van der Waals surface area contributed by atoms with Crippen LogP contribution in [0, 0.1) is 0 Å². The Hall–Kier alpha value is -2.84. The van der Waals surface area contributed by atoms with Crippen molar-refractivity contribution in [3.8, 4) is 16.9 Å². The Morgan fingerprint density at radius 1 is 1.27 bits per heavy atom. The minimum atomic E-state index is -0.849. The summed E-state index contributed by atoms with van der Waals surface area (Å²) >= 11 is 12.5. The number of nitrogens with zero attached hydrogens (tertiary/aromatic N) is 3. The zero-order valence-electron chi connectivity index (χ0n) is 13.9. The first-order chi connectivity index (χ1) is 12.3. The third-order valence-electron chi connectivity index (χ3n) is 3.08. The van der Waals surface area contributed by atoms with Gasteiger partial charge in [0.2, 0.25) is 0 Å². The van der Waals surface area contributed by atoms with E-state index in [0.29, 0.717) is 21.2 Å². The van der Waals surface area contributed by atoms with E-state index in [-0.39, 0.29) is 11.4 Å². The van der Waals surface area contributed by atoms with E-state index in [4.69, 9.17) is 33.7 Å². The average Bonchev–Trinajstić information content (AvgIpc) is 2.56. The molecule has 10 heteroatoms. The number of ether oxygens (including phenoxy) is 1. The highest BCUT2D eigenvalue weighted by Gasteiger charge is 2.20. The van der Waals surface area contributed by atoms with Gasteiger partial charge < -0.3 is 15.4 Å². The summed E-state index contributed by atoms with van der Waals surface area (Å²) in [5.41, 5.74) is 8.08. The van der Waals surface area contributed by atoms with Crippen LogP contribution in [0.15, 0.2) is 35.6 Å². The molecule has 1 aromatic carbocycles. The van der Waals surface area contributed by atoms with Crippen molar-refractivity contribution in [2.24, 2.45) is 10.8 Å². The van der Waals surface area contributed by atoms with Gasteiger partial charge in [-0.05, 0) is 18.2 Å². The summed E-state index contributed by atoms with van der Waals surface area (Å²) in [5.74, 6) is 0.0798. The van der Waals surface area contributed by atoms with Gasteiger partial charge in [0.05, 0.1) is 16.3 Å². The molecule has 0 atom stereocenters. The van der Waals surface area contributed by atoms with Gasteiger partial charge in [0.15, 0.2) is 5.75 Å². The fourth-order valence-electron chi connectivity index (χ4n) is 1.95. The molecule has 1 aromatic heterocycles. The largest absolute Gasteiger partial charge is 0.414 e. The summed E-state index contributed by atoms with van der Waals surface area (Å²) in [4.78, 5) is 28.2. The first-order valence-corrected chi connectivity index (χ1v) is 7.98. The minimum absolute atomic E-state index is 0.0798. The number of urea groups is 1. The maximum Gasteiger partial charge on any atom is 0.414 e. The molecule has 0 spiro atoms. The van der Waals surface area contributed by atoms with Crippen molar-refractivity contribution >= 4 is 41.5 Å². The quantitative estimate of drug-likeness (QED) is 0.611. The molecule has 136 valence electrons. The summed E-state index contributed by atoms with van der Waals surface area (Å²) < 4.78 is 5.43. The summed E-state index contributed by atoms with van der Waals surface area (Å²) in [6, 6.07) is 5.76. The Morgan fingerprint density at radius 2 is 1.92 bits per heavy atom. The van der Waals surface area contributed by atoms with E-state index in [2.05, 4.69) is 10.1 Å². The highest BCUT2D eigenvalue weighted by molar-refractivity contribution is 6.39. The fourth-order valence-corrected chi connectivity index (χ4v) is 2.55. The van der Waals surface area contributed by atoms with Gasteiger partial charge in [-0.3, -0.25) is 4.98 Å². The van der Waals surface area contributed by atoms with Crippen molar-refractivity contribution in [3.05, 3.63) is 46.2 Å². The van der Waals surface area contributed by atoms with E-state index in [1.165, 1.54) is 31.4 Å². The van der Waals surface area contributed by atoms with Crippen LogP contribution in [0.1, 0.15) is 5.69 Å². The molecule has 3 N–H and O–H groups in total. The second-order valence-corrected chi connectivity index (χ2v) is 5.98. The van der Waals surface area contributed by atoms with Crippen LogP contribution >= 0.6 is 23.2 Å². The topological polar surface area (TPSA) is 110 Å². The van der Waals surface area contributed by atoms with Crippen molar-refractivity contribution in [1.29, 1.82) is 0 Å². The van der Waals surface area contributed by atoms with Gasteiger partial charge in [0.25, 0.3) is 0 Å². The van der Waals surface area contributed by atoms with Crippen molar-refractivity contribution in [3.63, 3.8) is 0 Å². The number of nitrogens with two attached hydrogens (primary N) is 1. The Labute approximate surface area is 159 Å².